The lowest BCUT2D eigenvalue weighted by Gasteiger charge is -2.36. The van der Waals surface area contributed by atoms with E-state index >= 15 is 0 Å². The van der Waals surface area contributed by atoms with Gasteiger partial charge in [0.2, 0.25) is 0 Å². The Hall–Kier alpha value is -1.69. The van der Waals surface area contributed by atoms with Crippen LogP contribution in [0, 0.1) is 0 Å². The van der Waals surface area contributed by atoms with Crippen molar-refractivity contribution in [2.45, 2.75) is 51.6 Å². The van der Waals surface area contributed by atoms with E-state index in [1.807, 2.05) is 13.1 Å². The number of nitrogens with zero attached hydrogens (tertiary/aromatic N) is 7. The molecule has 0 saturated carbocycles. The summed E-state index contributed by atoms with van der Waals surface area (Å²) in [7, 11) is 1.86. The first-order valence-corrected chi connectivity index (χ1v) is 10.8. The molecule has 1 saturated heterocycles. The molecule has 2 aliphatic heterocycles. The SMILES string of the molecule is CN=C(NCCCc1nnc2n1CCCCC2)N1CCN(Cc2ccon2)CC1.I. The fourth-order valence-electron chi connectivity index (χ4n) is 4.18. The van der Waals surface area contributed by atoms with Gasteiger partial charge in [-0.3, -0.25) is 9.89 Å². The number of piperazine rings is 1. The van der Waals surface area contributed by atoms with Crippen molar-refractivity contribution in [3.63, 3.8) is 0 Å². The van der Waals surface area contributed by atoms with E-state index in [1.165, 1.54) is 25.1 Å². The molecule has 10 heteroatoms. The van der Waals surface area contributed by atoms with Crippen LogP contribution in [0.1, 0.15) is 43.0 Å². The van der Waals surface area contributed by atoms with Gasteiger partial charge in [-0.1, -0.05) is 11.6 Å². The normalized spacial score (nSPS) is 17.9. The van der Waals surface area contributed by atoms with Gasteiger partial charge < -0.3 is 19.3 Å². The molecule has 4 heterocycles. The molecule has 0 amide bonds. The molecule has 30 heavy (non-hydrogen) atoms. The molecular formula is C20H33IN8O. The van der Waals surface area contributed by atoms with E-state index in [-0.39, 0.29) is 24.0 Å². The number of halogens is 1. The molecule has 0 spiro atoms. The predicted molar refractivity (Wildman–Crippen MR) is 126 cm³/mol. The highest BCUT2D eigenvalue weighted by Gasteiger charge is 2.20. The van der Waals surface area contributed by atoms with Crippen LogP contribution >= 0.6 is 24.0 Å². The van der Waals surface area contributed by atoms with Crippen LogP contribution < -0.4 is 5.32 Å². The number of aliphatic imine (C=N–C) groups is 1. The Balaban J connectivity index is 0.00000256. The fourth-order valence-corrected chi connectivity index (χ4v) is 4.18. The summed E-state index contributed by atoms with van der Waals surface area (Å²) in [6.07, 6.45) is 8.47. The zero-order valence-corrected chi connectivity index (χ0v) is 20.1. The van der Waals surface area contributed by atoms with Crippen molar-refractivity contribution in [3.8, 4) is 0 Å². The summed E-state index contributed by atoms with van der Waals surface area (Å²) in [5.41, 5.74) is 0.993. The molecule has 2 aromatic heterocycles. The lowest BCUT2D eigenvalue weighted by atomic mass is 10.2. The zero-order chi connectivity index (χ0) is 19.9. The van der Waals surface area contributed by atoms with E-state index in [0.717, 1.165) is 82.6 Å². The van der Waals surface area contributed by atoms with E-state index in [4.69, 9.17) is 4.52 Å². The standard InChI is InChI=1S/C20H32N8O.HI/c1-21-20(27-13-11-26(12-14-27)16-17-8-15-29-25-17)22-9-5-7-19-24-23-18-6-3-2-4-10-28(18)19;/h8,15H,2-7,9-14,16H2,1H3,(H,21,22);1H. The van der Waals surface area contributed by atoms with Crippen LogP contribution in [0.3, 0.4) is 0 Å². The molecule has 0 radical (unpaired) electrons. The summed E-state index contributed by atoms with van der Waals surface area (Å²) in [5.74, 6) is 3.30. The van der Waals surface area contributed by atoms with Gasteiger partial charge in [-0.2, -0.15) is 0 Å². The van der Waals surface area contributed by atoms with Crippen LogP contribution in [-0.2, 0) is 25.9 Å². The maximum atomic E-state index is 4.93. The number of nitrogens with one attached hydrogen (secondary N) is 1. The van der Waals surface area contributed by atoms with E-state index in [1.54, 1.807) is 6.26 Å². The number of guanidine groups is 1. The first-order chi connectivity index (χ1) is 14.3. The number of aryl methyl sites for hydroxylation is 2. The molecule has 4 rings (SSSR count). The second-order valence-electron chi connectivity index (χ2n) is 7.83. The number of rotatable bonds is 6. The lowest BCUT2D eigenvalue weighted by Crippen LogP contribution is -2.52. The first kappa shape index (κ1) is 23.0. The van der Waals surface area contributed by atoms with E-state index < -0.39 is 0 Å². The van der Waals surface area contributed by atoms with Crippen LogP contribution in [0.5, 0.6) is 0 Å². The summed E-state index contributed by atoms with van der Waals surface area (Å²) in [6, 6.07) is 1.93. The molecule has 1 fully saturated rings. The quantitative estimate of drug-likeness (QED) is 0.266. The number of aromatic nitrogens is 4. The number of hydrogen-bond donors (Lipinski definition) is 1. The first-order valence-electron chi connectivity index (χ1n) is 10.8. The third-order valence-corrected chi connectivity index (χ3v) is 5.81. The van der Waals surface area contributed by atoms with Crippen molar-refractivity contribution >= 4 is 29.9 Å². The molecule has 0 unspecified atom stereocenters. The Morgan fingerprint density at radius 2 is 2.00 bits per heavy atom. The third-order valence-electron chi connectivity index (χ3n) is 5.81. The van der Waals surface area contributed by atoms with Gasteiger partial charge in [0.25, 0.3) is 0 Å². The maximum Gasteiger partial charge on any atom is 0.193 e. The Morgan fingerprint density at radius 3 is 2.77 bits per heavy atom. The van der Waals surface area contributed by atoms with Crippen molar-refractivity contribution < 1.29 is 4.52 Å². The molecular weight excluding hydrogens is 495 g/mol. The Morgan fingerprint density at radius 1 is 1.13 bits per heavy atom. The van der Waals surface area contributed by atoms with Gasteiger partial charge in [-0.15, -0.1) is 34.2 Å². The smallest absolute Gasteiger partial charge is 0.193 e. The minimum atomic E-state index is 0. The van der Waals surface area contributed by atoms with Gasteiger partial charge in [0, 0.05) is 71.8 Å². The largest absolute Gasteiger partial charge is 0.364 e. The molecule has 1 N–H and O–H groups in total. The van der Waals surface area contributed by atoms with E-state index in [9.17, 15) is 0 Å². The topological polar surface area (TPSA) is 87.6 Å². The van der Waals surface area contributed by atoms with Crippen LogP contribution in [0.4, 0.5) is 0 Å². The molecule has 166 valence electrons. The lowest BCUT2D eigenvalue weighted by molar-refractivity contribution is 0.169. The van der Waals surface area contributed by atoms with Crippen LogP contribution in [0.25, 0.3) is 0 Å². The zero-order valence-electron chi connectivity index (χ0n) is 17.8. The Labute approximate surface area is 195 Å². The van der Waals surface area contributed by atoms with Crippen LogP contribution in [-0.4, -0.2) is 75.5 Å². The summed E-state index contributed by atoms with van der Waals surface area (Å²) in [4.78, 5) is 9.22. The average molecular weight is 528 g/mol. The highest BCUT2D eigenvalue weighted by molar-refractivity contribution is 14.0. The average Bonchev–Trinajstić information content (AvgIpc) is 3.33. The highest BCUT2D eigenvalue weighted by Crippen LogP contribution is 2.15. The van der Waals surface area contributed by atoms with Crippen molar-refractivity contribution in [3.05, 3.63) is 29.7 Å². The second-order valence-corrected chi connectivity index (χ2v) is 7.83. The Bertz CT molecular complexity index is 783. The monoisotopic (exact) mass is 528 g/mol. The maximum absolute atomic E-state index is 4.93. The van der Waals surface area contributed by atoms with Crippen molar-refractivity contribution in [2.24, 2.45) is 4.99 Å². The van der Waals surface area contributed by atoms with Crippen molar-refractivity contribution in [1.29, 1.82) is 0 Å². The van der Waals surface area contributed by atoms with Gasteiger partial charge in [-0.05, 0) is 19.3 Å². The van der Waals surface area contributed by atoms with Crippen LogP contribution in [0.2, 0.25) is 0 Å². The molecule has 9 nitrogen and oxygen atoms in total. The molecule has 0 bridgehead atoms. The molecule has 2 aliphatic rings. The second kappa shape index (κ2) is 11.6. The summed E-state index contributed by atoms with van der Waals surface area (Å²) in [5, 5.41) is 16.4. The van der Waals surface area contributed by atoms with Gasteiger partial charge >= 0.3 is 0 Å². The fraction of sp³-hybridized carbons (Fsp3) is 0.700. The van der Waals surface area contributed by atoms with Crippen LogP contribution in [0.15, 0.2) is 21.8 Å². The van der Waals surface area contributed by atoms with Gasteiger partial charge in [0.15, 0.2) is 5.96 Å². The van der Waals surface area contributed by atoms with Gasteiger partial charge in [-0.25, -0.2) is 0 Å². The minimum absolute atomic E-state index is 0. The van der Waals surface area contributed by atoms with E-state index in [2.05, 4.69) is 40.0 Å². The summed E-state index contributed by atoms with van der Waals surface area (Å²) >= 11 is 0. The molecule has 0 aromatic carbocycles. The van der Waals surface area contributed by atoms with Crippen molar-refractivity contribution in [2.75, 3.05) is 39.8 Å². The minimum Gasteiger partial charge on any atom is -0.364 e. The van der Waals surface area contributed by atoms with E-state index in [0.29, 0.717) is 0 Å². The highest BCUT2D eigenvalue weighted by atomic mass is 127. The molecule has 2 aromatic rings. The predicted octanol–water partition coefficient (Wildman–Crippen LogP) is 1.94. The van der Waals surface area contributed by atoms with Gasteiger partial charge in [0.05, 0.1) is 5.69 Å². The Kier molecular flexibility index (Phi) is 8.91. The number of hydrogen-bond acceptors (Lipinski definition) is 6. The summed E-state index contributed by atoms with van der Waals surface area (Å²) in [6.45, 7) is 6.75. The number of fused-ring (bicyclic) bond motifs is 1. The molecule has 0 atom stereocenters. The third kappa shape index (κ3) is 5.93. The van der Waals surface area contributed by atoms with Gasteiger partial charge in [0.1, 0.15) is 17.9 Å². The van der Waals surface area contributed by atoms with Crippen molar-refractivity contribution in [1.82, 2.24) is 35.0 Å². The summed E-state index contributed by atoms with van der Waals surface area (Å²) < 4.78 is 7.27. The molecule has 0 aliphatic carbocycles.